The quantitative estimate of drug-likeness (QED) is 0.698. The second-order valence-electron chi connectivity index (χ2n) is 5.22. The van der Waals surface area contributed by atoms with E-state index in [2.05, 4.69) is 0 Å². The first-order chi connectivity index (χ1) is 10.6. The highest BCUT2D eigenvalue weighted by molar-refractivity contribution is 5.87. The third-order valence-electron chi connectivity index (χ3n) is 3.80. The van der Waals surface area contributed by atoms with E-state index in [0.717, 1.165) is 11.1 Å². The minimum atomic E-state index is -0.131. The fourth-order valence-electron chi connectivity index (χ4n) is 2.51. The van der Waals surface area contributed by atoms with Crippen LogP contribution in [-0.4, -0.2) is 6.79 Å². The molecule has 22 heavy (non-hydrogen) atoms. The number of benzene rings is 2. The van der Waals surface area contributed by atoms with E-state index in [4.69, 9.17) is 19.6 Å². The Morgan fingerprint density at radius 3 is 2.77 bits per heavy atom. The molecule has 0 radical (unpaired) electrons. The molecule has 1 aliphatic heterocycles. The van der Waals surface area contributed by atoms with Crippen molar-refractivity contribution in [2.24, 2.45) is 0 Å². The third kappa shape index (κ3) is 1.83. The maximum atomic E-state index is 12.3. The van der Waals surface area contributed by atoms with Gasteiger partial charge in [-0.3, -0.25) is 4.79 Å². The Morgan fingerprint density at radius 2 is 1.95 bits per heavy atom. The van der Waals surface area contributed by atoms with Gasteiger partial charge in [0.15, 0.2) is 16.8 Å². The van der Waals surface area contributed by atoms with E-state index < -0.39 is 0 Å². The Labute approximate surface area is 125 Å². The van der Waals surface area contributed by atoms with Gasteiger partial charge in [0.2, 0.25) is 12.5 Å². The fourth-order valence-corrected chi connectivity index (χ4v) is 2.51. The molecule has 110 valence electrons. The van der Waals surface area contributed by atoms with Crippen molar-refractivity contribution < 1.29 is 13.9 Å². The zero-order chi connectivity index (χ0) is 15.3. The Balaban J connectivity index is 1.99. The van der Waals surface area contributed by atoms with Gasteiger partial charge in [-0.1, -0.05) is 12.1 Å². The SMILES string of the molecule is Cc1ccc(-c2cc(=O)c3ccc4c(c3o2)OCO4)cc1N. The van der Waals surface area contributed by atoms with Gasteiger partial charge in [0.05, 0.1) is 5.39 Å². The lowest BCUT2D eigenvalue weighted by molar-refractivity contribution is 0.174. The minimum Gasteiger partial charge on any atom is -0.453 e. The van der Waals surface area contributed by atoms with Crippen LogP contribution in [0.25, 0.3) is 22.3 Å². The van der Waals surface area contributed by atoms with E-state index in [9.17, 15) is 4.79 Å². The van der Waals surface area contributed by atoms with E-state index in [1.807, 2.05) is 19.1 Å². The lowest BCUT2D eigenvalue weighted by Gasteiger charge is -2.07. The number of ether oxygens (including phenoxy) is 2. The molecule has 5 nitrogen and oxygen atoms in total. The van der Waals surface area contributed by atoms with Crippen molar-refractivity contribution in [3.63, 3.8) is 0 Å². The van der Waals surface area contributed by atoms with Crippen molar-refractivity contribution in [1.29, 1.82) is 0 Å². The number of aryl methyl sites for hydroxylation is 1. The molecule has 0 spiro atoms. The van der Waals surface area contributed by atoms with Gasteiger partial charge in [-0.15, -0.1) is 0 Å². The van der Waals surface area contributed by atoms with Gasteiger partial charge < -0.3 is 19.6 Å². The van der Waals surface area contributed by atoms with Crippen LogP contribution >= 0.6 is 0 Å². The van der Waals surface area contributed by atoms with Crippen LogP contribution in [0.1, 0.15) is 5.56 Å². The first kappa shape index (κ1) is 12.8. The maximum Gasteiger partial charge on any atom is 0.231 e. The van der Waals surface area contributed by atoms with Crippen LogP contribution in [0.4, 0.5) is 5.69 Å². The van der Waals surface area contributed by atoms with Crippen molar-refractivity contribution in [1.82, 2.24) is 0 Å². The highest BCUT2D eigenvalue weighted by atomic mass is 16.7. The number of nitrogen functional groups attached to an aromatic ring is 1. The van der Waals surface area contributed by atoms with Gasteiger partial charge >= 0.3 is 0 Å². The molecule has 0 saturated heterocycles. The molecular weight excluding hydrogens is 282 g/mol. The van der Waals surface area contributed by atoms with Gasteiger partial charge in [0, 0.05) is 17.3 Å². The lowest BCUT2D eigenvalue weighted by atomic mass is 10.1. The van der Waals surface area contributed by atoms with Crippen molar-refractivity contribution in [2.45, 2.75) is 6.92 Å². The number of nitrogens with two attached hydrogens (primary N) is 1. The molecule has 3 aromatic rings. The molecule has 1 aromatic heterocycles. The molecule has 0 aliphatic carbocycles. The van der Waals surface area contributed by atoms with E-state index in [1.165, 1.54) is 6.07 Å². The van der Waals surface area contributed by atoms with E-state index in [0.29, 0.717) is 33.9 Å². The monoisotopic (exact) mass is 295 g/mol. The molecule has 1 aliphatic rings. The minimum absolute atomic E-state index is 0.125. The highest BCUT2D eigenvalue weighted by Gasteiger charge is 2.20. The summed E-state index contributed by atoms with van der Waals surface area (Å²) in [5.74, 6) is 1.50. The summed E-state index contributed by atoms with van der Waals surface area (Å²) in [4.78, 5) is 12.3. The summed E-state index contributed by atoms with van der Waals surface area (Å²) in [6.07, 6.45) is 0. The van der Waals surface area contributed by atoms with Crippen LogP contribution in [0.15, 0.2) is 45.6 Å². The molecule has 5 heteroatoms. The van der Waals surface area contributed by atoms with Crippen LogP contribution < -0.4 is 20.6 Å². The smallest absolute Gasteiger partial charge is 0.231 e. The summed E-state index contributed by atoms with van der Waals surface area (Å²) in [5, 5.41) is 0.466. The Hall–Kier alpha value is -2.95. The molecule has 0 saturated carbocycles. The largest absolute Gasteiger partial charge is 0.453 e. The first-order valence-electron chi connectivity index (χ1n) is 6.86. The van der Waals surface area contributed by atoms with Crippen molar-refractivity contribution in [3.8, 4) is 22.8 Å². The van der Waals surface area contributed by atoms with Crippen molar-refractivity contribution in [2.75, 3.05) is 12.5 Å². The number of hydrogen-bond donors (Lipinski definition) is 1. The molecule has 0 atom stereocenters. The number of anilines is 1. The standard InChI is InChI=1S/C17H13NO4/c1-9-2-3-10(6-12(9)18)15-7-13(19)11-4-5-14-17(16(11)22-15)21-8-20-14/h2-7H,8,18H2,1H3. The lowest BCUT2D eigenvalue weighted by Crippen LogP contribution is -2.01. The molecule has 2 aromatic carbocycles. The van der Waals surface area contributed by atoms with Gasteiger partial charge in [-0.2, -0.15) is 0 Å². The zero-order valence-electron chi connectivity index (χ0n) is 11.9. The molecule has 4 rings (SSSR count). The van der Waals surface area contributed by atoms with Crippen molar-refractivity contribution in [3.05, 3.63) is 52.2 Å². The Kier molecular flexibility index (Phi) is 2.63. The highest BCUT2D eigenvalue weighted by Crippen LogP contribution is 2.39. The zero-order valence-corrected chi connectivity index (χ0v) is 11.9. The molecule has 0 amide bonds. The average molecular weight is 295 g/mol. The second kappa shape index (κ2) is 4.53. The Morgan fingerprint density at radius 1 is 1.09 bits per heavy atom. The van der Waals surface area contributed by atoms with E-state index in [-0.39, 0.29) is 12.2 Å². The average Bonchev–Trinajstić information content (AvgIpc) is 2.99. The predicted molar refractivity (Wildman–Crippen MR) is 83.2 cm³/mol. The van der Waals surface area contributed by atoms with Gasteiger partial charge in [-0.25, -0.2) is 0 Å². The molecular formula is C17H13NO4. The predicted octanol–water partition coefficient (Wildman–Crippen LogP) is 3.08. The van der Waals surface area contributed by atoms with Crippen LogP contribution in [0.3, 0.4) is 0 Å². The van der Waals surface area contributed by atoms with Crippen molar-refractivity contribution >= 4 is 16.7 Å². The summed E-state index contributed by atoms with van der Waals surface area (Å²) in [6, 6.07) is 10.4. The first-order valence-corrected chi connectivity index (χ1v) is 6.86. The van der Waals surface area contributed by atoms with Crippen LogP contribution in [-0.2, 0) is 0 Å². The van der Waals surface area contributed by atoms with Gasteiger partial charge in [0.25, 0.3) is 0 Å². The van der Waals surface area contributed by atoms with E-state index >= 15 is 0 Å². The number of hydrogen-bond acceptors (Lipinski definition) is 5. The number of rotatable bonds is 1. The summed E-state index contributed by atoms with van der Waals surface area (Å²) < 4.78 is 16.6. The van der Waals surface area contributed by atoms with Gasteiger partial charge in [-0.05, 0) is 30.7 Å². The summed E-state index contributed by atoms with van der Waals surface area (Å²) in [7, 11) is 0. The summed E-state index contributed by atoms with van der Waals surface area (Å²) in [5.41, 5.74) is 8.58. The summed E-state index contributed by atoms with van der Waals surface area (Å²) in [6.45, 7) is 2.05. The molecule has 0 unspecified atom stereocenters. The van der Waals surface area contributed by atoms with Crippen LogP contribution in [0.5, 0.6) is 11.5 Å². The maximum absolute atomic E-state index is 12.3. The molecule has 2 heterocycles. The Bertz CT molecular complexity index is 959. The fraction of sp³-hybridized carbons (Fsp3) is 0.118. The summed E-state index contributed by atoms with van der Waals surface area (Å²) >= 11 is 0. The van der Waals surface area contributed by atoms with Crippen LogP contribution in [0.2, 0.25) is 0 Å². The topological polar surface area (TPSA) is 74.7 Å². The normalized spacial score (nSPS) is 12.8. The van der Waals surface area contributed by atoms with Crippen LogP contribution in [0, 0.1) is 6.92 Å². The van der Waals surface area contributed by atoms with E-state index in [1.54, 1.807) is 18.2 Å². The van der Waals surface area contributed by atoms with Gasteiger partial charge in [0.1, 0.15) is 5.76 Å². The second-order valence-corrected chi connectivity index (χ2v) is 5.22. The molecule has 0 bridgehead atoms. The molecule has 2 N–H and O–H groups in total. The molecule has 0 fully saturated rings. The number of fused-ring (bicyclic) bond motifs is 3. The third-order valence-corrected chi connectivity index (χ3v) is 3.80.